The molecule has 0 saturated heterocycles. The predicted molar refractivity (Wildman–Crippen MR) is 514 cm³/mol. The Bertz CT molecular complexity index is 7450. The van der Waals surface area contributed by atoms with Crippen LogP contribution in [0.3, 0.4) is 0 Å². The average Bonchev–Trinajstić information content (AvgIpc) is 1.61. The quantitative estimate of drug-likeness (QED) is 0.0800. The van der Waals surface area contributed by atoms with Gasteiger partial charge in [-0.25, -0.2) is 63.6 Å². The van der Waals surface area contributed by atoms with E-state index in [0.29, 0.717) is 113 Å². The van der Waals surface area contributed by atoms with Crippen molar-refractivity contribution in [1.82, 2.24) is 55.5 Å². The van der Waals surface area contributed by atoms with Gasteiger partial charge in [-0.2, -0.15) is 0 Å². The van der Waals surface area contributed by atoms with E-state index >= 15 is 0 Å². The molecule has 29 nitrogen and oxygen atoms in total. The van der Waals surface area contributed by atoms with Crippen molar-refractivity contribution in [3.8, 4) is 0 Å². The third-order valence-corrected chi connectivity index (χ3v) is 30.1. The van der Waals surface area contributed by atoms with Gasteiger partial charge < -0.3 is 19.8 Å². The first-order valence-electron chi connectivity index (χ1n) is 42.9. The molecule has 6 aromatic heterocycles. The Balaban J connectivity index is 0.000000130. The lowest BCUT2D eigenvalue weighted by molar-refractivity contribution is 0.534. The van der Waals surface area contributed by atoms with Gasteiger partial charge in [0.25, 0.3) is 46.7 Å². The summed E-state index contributed by atoms with van der Waals surface area (Å²) >= 11 is 3.40. The van der Waals surface area contributed by atoms with Crippen molar-refractivity contribution in [2.24, 2.45) is 47.3 Å². The minimum atomic E-state index is -3.75. The molecule has 2 unspecified atom stereocenters. The Morgan fingerprint density at radius 1 is 0.450 bits per heavy atom. The molecule has 0 bridgehead atoms. The van der Waals surface area contributed by atoms with Gasteiger partial charge in [-0.3, -0.25) is 50.4 Å². The van der Waals surface area contributed by atoms with E-state index in [1.54, 1.807) is 85.3 Å². The second-order valence-electron chi connectivity index (χ2n) is 33.8. The number of fused-ring (bicyclic) bond motifs is 8. The Morgan fingerprint density at radius 2 is 0.922 bits per heavy atom. The van der Waals surface area contributed by atoms with E-state index in [2.05, 4.69) is 96.8 Å². The standard InChI is InChI=1S/C26H29N5O4S.C19H23N5O2.C18H19BrN2O2S.C16H17NO2S.C9H11N.C8H9N3O2/c1-17-8-11-21(12-9-17)36(34,35)31-20(15-19-10-7-18(2)14-22(19)31)6-5-13-30-16-27-24-23(30)25(32)29(4)26(33)28(24)3;1-12-6-7-13-10-14(21-15(13)9-12)5-4-8-24-11-20-17-16(24)18(25)23(3)19(26)22(17)2;1-13-5-8-15(9-6-13)24(22,23)21-17-12-14(2)7-10-16(17)20-18(21)4-3-11-19;1-12-4-7-15(8-5-12)20(18,19)17-10-9-14-6-3-13(2)11-16(14)17;1-7-2-3-8-4-5-10-9(8)6-7;1-10-6-5(3-4-9-6)7(12)11(2)8(10)13/h7-12,14,16,20H,5-6,13,15H2,1-4H3;6-7,9,11,14,21H,4-5,8,10H2,1-3H3;5-10,12H,3-4,11H2,1-2H3;3-8,11H,9-10H2,1-2H3;2-3,6,10H,4-5H2,1H3;4H,3H2,1-2H3. The van der Waals surface area contributed by atoms with Gasteiger partial charge in [-0.15, -0.1) is 0 Å². The molecule has 674 valence electrons. The Kier molecular flexibility index (Phi) is 27.5. The number of imidazole rings is 3. The maximum Gasteiger partial charge on any atom is 0.332 e. The summed E-state index contributed by atoms with van der Waals surface area (Å²) in [7, 11) is -1.61. The van der Waals surface area contributed by atoms with Gasteiger partial charge >= 0.3 is 17.1 Å². The normalized spacial score (nSPS) is 14.5. The van der Waals surface area contributed by atoms with Crippen LogP contribution in [0.1, 0.15) is 110 Å². The first-order chi connectivity index (χ1) is 61.4. The zero-order chi connectivity index (χ0) is 92.4. The number of sulfonamides is 2. The molecule has 0 aliphatic carbocycles. The SMILES string of the molecule is Cc1ccc(S(=O)(=O)N2CCc3ccc(C)cc32)cc1.Cc1ccc(S(=O)(=O)N2c3cc(C)ccc3CC2CCCn2cnc3c2c(=O)n(C)c(=O)n3C)cc1.Cc1ccc(S(=O)(=O)n2c(CCCBr)nc3ccc(C)cc32)cc1.Cc1ccc2c(c1)NC(CCCn1cnc3c1c(=O)n(C)c(=O)n3C)C2.Cc1ccc2c(c1)NCC2.Cn1c2c(c(=O)n(C)c1=O)CC=N2. The monoisotopic (exact) mass is 1870 g/mol. The van der Waals surface area contributed by atoms with Crippen LogP contribution in [0.4, 0.5) is 28.6 Å². The highest BCUT2D eigenvalue weighted by molar-refractivity contribution is 9.09. The summed E-state index contributed by atoms with van der Waals surface area (Å²) in [4.78, 5) is 90.3. The van der Waals surface area contributed by atoms with Crippen LogP contribution in [0.5, 0.6) is 0 Å². The third kappa shape index (κ3) is 19.3. The summed E-state index contributed by atoms with van der Waals surface area (Å²) in [6.07, 6.45) is 13.6. The first-order valence-corrected chi connectivity index (χ1v) is 48.4. The zero-order valence-corrected chi connectivity index (χ0v) is 79.0. The maximum absolute atomic E-state index is 13.8. The molecule has 8 aromatic carbocycles. The van der Waals surface area contributed by atoms with E-state index in [4.69, 9.17) is 0 Å². The van der Waals surface area contributed by atoms with Crippen LogP contribution in [0.2, 0.25) is 0 Å². The van der Waals surface area contributed by atoms with Gasteiger partial charge in [0, 0.05) is 116 Å². The van der Waals surface area contributed by atoms with E-state index in [1.807, 2.05) is 137 Å². The van der Waals surface area contributed by atoms with Gasteiger partial charge in [-0.05, 0) is 236 Å². The second kappa shape index (κ2) is 38.4. The number of aromatic nitrogens is 12. The maximum atomic E-state index is 13.8. The summed E-state index contributed by atoms with van der Waals surface area (Å²) in [5.41, 5.74) is 19.4. The fraction of sp³-hybridized carbons (Fsp3) is 0.333. The molecule has 0 spiro atoms. The lowest BCUT2D eigenvalue weighted by Gasteiger charge is -2.27. The second-order valence-corrected chi connectivity index (χ2v) is 40.0. The topological polar surface area (TPSA) is 331 Å². The summed E-state index contributed by atoms with van der Waals surface area (Å²) in [5.74, 6) is 1.07. The van der Waals surface area contributed by atoms with Crippen LogP contribution in [-0.4, -0.2) is 117 Å². The predicted octanol–water partition coefficient (Wildman–Crippen LogP) is 12.8. The number of halogens is 1. The van der Waals surface area contributed by atoms with Crippen LogP contribution >= 0.6 is 15.9 Å². The van der Waals surface area contributed by atoms with Crippen LogP contribution in [0.25, 0.3) is 33.4 Å². The number of aryl methyl sites for hydroxylation is 13. The van der Waals surface area contributed by atoms with Crippen molar-refractivity contribution >= 4 is 114 Å². The Morgan fingerprint density at radius 3 is 1.50 bits per heavy atom. The summed E-state index contributed by atoms with van der Waals surface area (Å²) in [6.45, 7) is 18.8. The Hall–Kier alpha value is -12.6. The molecule has 129 heavy (non-hydrogen) atoms. The molecule has 0 amide bonds. The minimum Gasteiger partial charge on any atom is -0.384 e. The van der Waals surface area contributed by atoms with E-state index in [0.717, 1.165) is 114 Å². The van der Waals surface area contributed by atoms with Crippen LogP contribution in [-0.2, 0) is 124 Å². The zero-order valence-electron chi connectivity index (χ0n) is 75.0. The highest BCUT2D eigenvalue weighted by Gasteiger charge is 2.39. The number of benzene rings is 8. The summed E-state index contributed by atoms with van der Waals surface area (Å²) < 4.78 is 95.1. The minimum absolute atomic E-state index is 0.240. The molecular weight excluding hydrogens is 1760 g/mol. The summed E-state index contributed by atoms with van der Waals surface area (Å²) in [5, 5.41) is 7.74. The molecular formula is C96H108BrN17O12S3. The number of anilines is 4. The molecule has 2 N–H and O–H groups in total. The van der Waals surface area contributed by atoms with Crippen molar-refractivity contribution in [1.29, 1.82) is 0 Å². The molecule has 11 heterocycles. The van der Waals surface area contributed by atoms with Gasteiger partial charge in [-0.1, -0.05) is 124 Å². The molecule has 14 aromatic rings. The van der Waals surface area contributed by atoms with Crippen molar-refractivity contribution < 1.29 is 25.3 Å². The average molecular weight is 1870 g/mol. The smallest absolute Gasteiger partial charge is 0.332 e. The van der Waals surface area contributed by atoms with E-state index < -0.39 is 41.3 Å². The van der Waals surface area contributed by atoms with Crippen LogP contribution in [0, 0.1) is 55.4 Å². The highest BCUT2D eigenvalue weighted by Crippen LogP contribution is 2.40. The molecule has 19 rings (SSSR count). The number of alkyl halides is 1. The van der Waals surface area contributed by atoms with Crippen LogP contribution < -0.4 is 53.0 Å². The van der Waals surface area contributed by atoms with Gasteiger partial charge in [0.1, 0.15) is 11.6 Å². The van der Waals surface area contributed by atoms with E-state index in [9.17, 15) is 54.0 Å². The molecule has 5 aliphatic rings. The molecule has 5 aliphatic heterocycles. The number of rotatable bonds is 17. The van der Waals surface area contributed by atoms with Gasteiger partial charge in [0.15, 0.2) is 22.3 Å². The van der Waals surface area contributed by atoms with Crippen molar-refractivity contribution in [2.45, 2.75) is 166 Å². The van der Waals surface area contributed by atoms with E-state index in [1.165, 1.54) is 83.2 Å². The largest absolute Gasteiger partial charge is 0.384 e. The number of nitrogens with zero attached hydrogens (tertiary/aromatic N) is 15. The third-order valence-electron chi connectivity index (χ3n) is 24.1. The fourth-order valence-electron chi connectivity index (χ4n) is 16.9. The molecule has 0 saturated carbocycles. The number of hydrogen-bond donors (Lipinski definition) is 2. The summed E-state index contributed by atoms with van der Waals surface area (Å²) in [6, 6.07) is 51.9. The van der Waals surface area contributed by atoms with Crippen molar-refractivity contribution in [3.63, 3.8) is 0 Å². The molecule has 33 heteroatoms. The fourth-order valence-corrected chi connectivity index (χ4v) is 21.9. The van der Waals surface area contributed by atoms with Crippen LogP contribution in [0.15, 0.2) is 225 Å². The van der Waals surface area contributed by atoms with Crippen molar-refractivity contribution in [2.75, 3.05) is 37.7 Å². The Labute approximate surface area is 757 Å². The first kappa shape index (κ1) is 92.6. The highest BCUT2D eigenvalue weighted by atomic mass is 79.9. The number of aliphatic imine (C=N–C) groups is 1. The van der Waals surface area contributed by atoms with Crippen molar-refractivity contribution in [3.05, 3.63) is 317 Å². The number of nitrogens with one attached hydrogen (secondary N) is 2. The molecule has 2 atom stereocenters. The van der Waals surface area contributed by atoms with Gasteiger partial charge in [0.05, 0.1) is 55.3 Å². The van der Waals surface area contributed by atoms with Gasteiger partial charge in [0.2, 0.25) is 0 Å². The lowest BCUT2D eigenvalue weighted by Crippen LogP contribution is -2.38. The molecule has 0 fully saturated rings. The number of hydrogen-bond acceptors (Lipinski definition) is 18. The lowest BCUT2D eigenvalue weighted by atomic mass is 10.1. The van der Waals surface area contributed by atoms with E-state index in [-0.39, 0.29) is 38.3 Å². The molecule has 0 radical (unpaired) electrons.